The summed E-state index contributed by atoms with van der Waals surface area (Å²) in [5.74, 6) is -1.15. The number of carbonyl (C=O) groups excluding carboxylic acids is 1. The predicted octanol–water partition coefficient (Wildman–Crippen LogP) is 4.96. The molecule has 0 fully saturated rings. The second-order valence-electron chi connectivity index (χ2n) is 6.96. The summed E-state index contributed by atoms with van der Waals surface area (Å²) in [5, 5.41) is 11.2. The number of aliphatic carboxylic acids is 1. The molecule has 0 aliphatic carbocycles. The van der Waals surface area contributed by atoms with E-state index in [0.29, 0.717) is 6.42 Å². The molecule has 0 bridgehead atoms. The van der Waals surface area contributed by atoms with Crippen LogP contribution in [0, 0.1) is 0 Å². The third-order valence-corrected chi connectivity index (χ3v) is 4.41. The summed E-state index contributed by atoms with van der Waals surface area (Å²) in [6.45, 7) is 3.74. The van der Waals surface area contributed by atoms with E-state index in [1.165, 1.54) is 64.7 Å². The standard InChI is InChI=1S/C21H39NO3.Na.H/c1-3-4-5-6-7-8-9-10-11-12-13-14-15-16-17-18-20(23)22-19(2)21(24)25;;/h10-11,19H,3-9,12-18H2,1-2H3,(H,22,23)(H,24,25);;. The van der Waals surface area contributed by atoms with E-state index in [9.17, 15) is 9.59 Å². The molecule has 1 unspecified atom stereocenters. The van der Waals surface area contributed by atoms with Crippen LogP contribution in [0.1, 0.15) is 104 Å². The molecule has 1 amide bonds. The van der Waals surface area contributed by atoms with Crippen molar-refractivity contribution in [3.63, 3.8) is 0 Å². The SMILES string of the molecule is CCCCCCCCC=CCCCCCCCC(=O)NC(C)C(=O)O.[NaH]. The zero-order valence-corrected chi connectivity index (χ0v) is 16.4. The van der Waals surface area contributed by atoms with Crippen LogP contribution < -0.4 is 5.32 Å². The van der Waals surface area contributed by atoms with E-state index in [4.69, 9.17) is 5.11 Å². The van der Waals surface area contributed by atoms with Gasteiger partial charge in [-0.3, -0.25) is 9.59 Å². The molecule has 0 radical (unpaired) electrons. The molecule has 0 aliphatic rings. The number of carbonyl (C=O) groups is 2. The molecule has 148 valence electrons. The van der Waals surface area contributed by atoms with E-state index in [-0.39, 0.29) is 35.5 Å². The summed E-state index contributed by atoms with van der Waals surface area (Å²) >= 11 is 0. The molecular weight excluding hydrogens is 337 g/mol. The summed E-state index contributed by atoms with van der Waals surface area (Å²) in [5.41, 5.74) is 0. The average Bonchev–Trinajstić information content (AvgIpc) is 2.58. The molecule has 0 aromatic rings. The molecule has 0 saturated carbocycles. The van der Waals surface area contributed by atoms with E-state index in [1.54, 1.807) is 0 Å². The van der Waals surface area contributed by atoms with Crippen LogP contribution in [-0.2, 0) is 9.59 Å². The Balaban J connectivity index is 0. The molecular formula is C21H40NNaO3. The molecule has 0 aromatic carbocycles. The number of amides is 1. The quantitative estimate of drug-likeness (QED) is 0.214. The Bertz CT molecular complexity index is 372. The van der Waals surface area contributed by atoms with Crippen LogP contribution in [-0.4, -0.2) is 52.6 Å². The zero-order valence-electron chi connectivity index (χ0n) is 16.4. The summed E-state index contributed by atoms with van der Waals surface area (Å²) in [6, 6.07) is -0.796. The molecule has 4 nitrogen and oxygen atoms in total. The van der Waals surface area contributed by atoms with Crippen LogP contribution in [0.3, 0.4) is 0 Å². The third kappa shape index (κ3) is 20.0. The van der Waals surface area contributed by atoms with E-state index in [1.807, 2.05) is 0 Å². The van der Waals surface area contributed by atoms with Crippen LogP contribution in [0.5, 0.6) is 0 Å². The summed E-state index contributed by atoms with van der Waals surface area (Å²) in [7, 11) is 0. The Morgan fingerprint density at radius 2 is 1.31 bits per heavy atom. The molecule has 5 heteroatoms. The third-order valence-electron chi connectivity index (χ3n) is 4.41. The number of carboxylic acids is 1. The van der Waals surface area contributed by atoms with Crippen molar-refractivity contribution >= 4 is 41.4 Å². The Hall–Kier alpha value is -0.320. The fraction of sp³-hybridized carbons (Fsp3) is 0.810. The Morgan fingerprint density at radius 1 is 0.846 bits per heavy atom. The Kier molecular flexibility index (Phi) is 22.5. The number of carboxylic acid groups (broad SMARTS) is 1. The van der Waals surface area contributed by atoms with Crippen molar-refractivity contribution in [3.05, 3.63) is 12.2 Å². The fourth-order valence-corrected chi connectivity index (χ4v) is 2.73. The van der Waals surface area contributed by atoms with Crippen LogP contribution in [0.25, 0.3) is 0 Å². The van der Waals surface area contributed by atoms with Crippen molar-refractivity contribution < 1.29 is 14.7 Å². The first-order valence-corrected chi connectivity index (χ1v) is 10.2. The van der Waals surface area contributed by atoms with Crippen LogP contribution >= 0.6 is 0 Å². The number of hydrogen-bond acceptors (Lipinski definition) is 2. The van der Waals surface area contributed by atoms with E-state index < -0.39 is 12.0 Å². The normalized spacial score (nSPS) is 11.9. The molecule has 0 spiro atoms. The van der Waals surface area contributed by atoms with Gasteiger partial charge in [0.25, 0.3) is 0 Å². The van der Waals surface area contributed by atoms with Gasteiger partial charge in [0.05, 0.1) is 0 Å². The van der Waals surface area contributed by atoms with Crippen molar-refractivity contribution in [1.82, 2.24) is 5.32 Å². The van der Waals surface area contributed by atoms with Gasteiger partial charge < -0.3 is 10.4 Å². The van der Waals surface area contributed by atoms with Crippen LogP contribution in [0.2, 0.25) is 0 Å². The number of nitrogens with one attached hydrogen (secondary N) is 1. The number of hydrogen-bond donors (Lipinski definition) is 2. The summed E-state index contributed by atoms with van der Waals surface area (Å²) in [4.78, 5) is 22.1. The first-order valence-electron chi connectivity index (χ1n) is 10.2. The average molecular weight is 378 g/mol. The van der Waals surface area contributed by atoms with Gasteiger partial charge in [-0.2, -0.15) is 0 Å². The van der Waals surface area contributed by atoms with Crippen molar-refractivity contribution in [3.8, 4) is 0 Å². The van der Waals surface area contributed by atoms with Crippen molar-refractivity contribution in [2.45, 2.75) is 110 Å². The van der Waals surface area contributed by atoms with E-state index in [0.717, 1.165) is 25.7 Å². The number of rotatable bonds is 17. The van der Waals surface area contributed by atoms with Crippen molar-refractivity contribution in [2.75, 3.05) is 0 Å². The number of allylic oxidation sites excluding steroid dienone is 2. The van der Waals surface area contributed by atoms with E-state index >= 15 is 0 Å². The molecule has 0 aliphatic heterocycles. The van der Waals surface area contributed by atoms with E-state index in [2.05, 4.69) is 24.4 Å². The van der Waals surface area contributed by atoms with Crippen molar-refractivity contribution in [2.24, 2.45) is 0 Å². The Morgan fingerprint density at radius 3 is 1.81 bits per heavy atom. The minimum absolute atomic E-state index is 0. The van der Waals surface area contributed by atoms with Gasteiger partial charge in [-0.1, -0.05) is 70.4 Å². The fourth-order valence-electron chi connectivity index (χ4n) is 2.73. The molecule has 1 atom stereocenters. The molecule has 0 saturated heterocycles. The first-order chi connectivity index (χ1) is 12.1. The molecule has 0 rings (SSSR count). The van der Waals surface area contributed by atoms with Gasteiger partial charge in [0.1, 0.15) is 6.04 Å². The minimum atomic E-state index is -0.988. The van der Waals surface area contributed by atoms with Gasteiger partial charge >= 0.3 is 35.5 Å². The molecule has 26 heavy (non-hydrogen) atoms. The predicted molar refractivity (Wildman–Crippen MR) is 112 cm³/mol. The first kappa shape index (κ1) is 27.9. The summed E-state index contributed by atoms with van der Waals surface area (Å²) < 4.78 is 0. The maximum atomic E-state index is 11.5. The monoisotopic (exact) mass is 377 g/mol. The van der Waals surface area contributed by atoms with Gasteiger partial charge in [0.15, 0.2) is 0 Å². The second-order valence-corrected chi connectivity index (χ2v) is 6.96. The van der Waals surface area contributed by atoms with Crippen molar-refractivity contribution in [1.29, 1.82) is 0 Å². The van der Waals surface area contributed by atoms with Gasteiger partial charge in [-0.05, 0) is 39.0 Å². The van der Waals surface area contributed by atoms with Gasteiger partial charge in [0, 0.05) is 6.42 Å². The van der Waals surface area contributed by atoms with Gasteiger partial charge in [-0.15, -0.1) is 0 Å². The van der Waals surface area contributed by atoms with Crippen LogP contribution in [0.4, 0.5) is 0 Å². The Labute approximate surface area is 182 Å². The zero-order chi connectivity index (χ0) is 18.8. The molecule has 2 N–H and O–H groups in total. The number of unbranched alkanes of at least 4 members (excludes halogenated alkanes) is 11. The van der Waals surface area contributed by atoms with Gasteiger partial charge in [0.2, 0.25) is 5.91 Å². The van der Waals surface area contributed by atoms with Gasteiger partial charge in [-0.25, -0.2) is 0 Å². The maximum absolute atomic E-state index is 11.5. The molecule has 0 heterocycles. The second kappa shape index (κ2) is 21.0. The molecule has 0 aromatic heterocycles. The topological polar surface area (TPSA) is 66.4 Å². The summed E-state index contributed by atoms with van der Waals surface area (Å²) in [6.07, 6.45) is 21.0. The van der Waals surface area contributed by atoms with Crippen LogP contribution in [0.15, 0.2) is 12.2 Å².